The van der Waals surface area contributed by atoms with Crippen molar-refractivity contribution in [1.82, 2.24) is 14.9 Å². The molecule has 2 rings (SSSR count). The molecule has 0 aliphatic rings. The second-order valence-corrected chi connectivity index (χ2v) is 5.51. The predicted octanol–water partition coefficient (Wildman–Crippen LogP) is 4.11. The van der Waals surface area contributed by atoms with Crippen molar-refractivity contribution in [2.45, 2.75) is 52.1 Å². The summed E-state index contributed by atoms with van der Waals surface area (Å²) in [6.07, 6.45) is 8.80. The lowest BCUT2D eigenvalue weighted by Crippen LogP contribution is -2.29. The largest absolute Gasteiger partial charge is 0.331 e. The Hall–Kier alpha value is -1.61. The summed E-state index contributed by atoms with van der Waals surface area (Å²) in [6.45, 7) is 6.64. The number of imidazole rings is 1. The fourth-order valence-electron chi connectivity index (χ4n) is 2.64. The number of hydrogen-bond acceptors (Lipinski definition) is 2. The highest BCUT2D eigenvalue weighted by molar-refractivity contribution is 5.54. The molecule has 0 saturated carbocycles. The van der Waals surface area contributed by atoms with Crippen LogP contribution in [-0.2, 0) is 6.54 Å². The number of benzene rings is 1. The van der Waals surface area contributed by atoms with Gasteiger partial charge in [-0.15, -0.1) is 0 Å². The molecule has 0 aliphatic carbocycles. The van der Waals surface area contributed by atoms with Gasteiger partial charge < -0.3 is 9.88 Å². The van der Waals surface area contributed by atoms with Crippen LogP contribution in [0.4, 0.5) is 0 Å². The Morgan fingerprint density at radius 1 is 1.19 bits per heavy atom. The Labute approximate surface area is 128 Å². The lowest BCUT2D eigenvalue weighted by molar-refractivity contribution is 0.440. The van der Waals surface area contributed by atoms with E-state index < -0.39 is 0 Å². The van der Waals surface area contributed by atoms with Gasteiger partial charge in [0.15, 0.2) is 0 Å². The minimum absolute atomic E-state index is 0.647. The van der Waals surface area contributed by atoms with Crippen LogP contribution in [0.3, 0.4) is 0 Å². The number of nitrogens with one attached hydrogen (secondary N) is 1. The predicted molar refractivity (Wildman–Crippen MR) is 89.3 cm³/mol. The zero-order chi connectivity index (χ0) is 14.9. The molecular weight excluding hydrogens is 258 g/mol. The second kappa shape index (κ2) is 8.63. The Bertz CT molecular complexity index is 504. The molecule has 1 N–H and O–H groups in total. The Morgan fingerprint density at radius 2 is 2.00 bits per heavy atom. The molecule has 0 fully saturated rings. The van der Waals surface area contributed by atoms with Crippen LogP contribution in [-0.4, -0.2) is 22.1 Å². The van der Waals surface area contributed by atoms with Crippen LogP contribution in [0.2, 0.25) is 0 Å². The molecule has 114 valence electrons. The molecule has 0 amide bonds. The zero-order valence-electron chi connectivity index (χ0n) is 13.3. The smallest absolute Gasteiger partial charge is 0.139 e. The summed E-state index contributed by atoms with van der Waals surface area (Å²) in [7, 11) is 0. The fourth-order valence-corrected chi connectivity index (χ4v) is 2.64. The summed E-state index contributed by atoms with van der Waals surface area (Å²) in [5.74, 6) is 1.07. The van der Waals surface area contributed by atoms with Crippen molar-refractivity contribution >= 4 is 0 Å². The maximum atomic E-state index is 4.50. The van der Waals surface area contributed by atoms with E-state index in [0.29, 0.717) is 6.04 Å². The molecule has 0 radical (unpaired) electrons. The standard InChI is InChI=1S/C18H27N3/c1-3-12-19-17(4-2)11-8-14-21-15-13-20-18(21)16-9-6-5-7-10-16/h5-7,9-10,13,15,17,19H,3-4,8,11-12,14H2,1-2H3. The van der Waals surface area contributed by atoms with Gasteiger partial charge in [0.2, 0.25) is 0 Å². The molecule has 0 aliphatic heterocycles. The number of aryl methyl sites for hydroxylation is 1. The molecule has 0 bridgehead atoms. The number of rotatable bonds is 9. The van der Waals surface area contributed by atoms with Gasteiger partial charge in [-0.3, -0.25) is 0 Å². The molecule has 1 atom stereocenters. The third-order valence-corrected chi connectivity index (χ3v) is 3.87. The van der Waals surface area contributed by atoms with E-state index in [9.17, 15) is 0 Å². The molecule has 1 heterocycles. The first-order valence-corrected chi connectivity index (χ1v) is 8.15. The summed E-state index contributed by atoms with van der Waals surface area (Å²) in [6, 6.07) is 11.1. The van der Waals surface area contributed by atoms with E-state index in [1.54, 1.807) is 0 Å². The van der Waals surface area contributed by atoms with Crippen molar-refractivity contribution in [2.75, 3.05) is 6.54 Å². The van der Waals surface area contributed by atoms with Crippen LogP contribution in [0, 0.1) is 0 Å². The maximum Gasteiger partial charge on any atom is 0.139 e. The molecule has 1 aromatic carbocycles. The van der Waals surface area contributed by atoms with Crippen molar-refractivity contribution in [3.63, 3.8) is 0 Å². The van der Waals surface area contributed by atoms with Gasteiger partial charge in [-0.25, -0.2) is 4.98 Å². The first-order valence-electron chi connectivity index (χ1n) is 8.15. The lowest BCUT2D eigenvalue weighted by Gasteiger charge is -2.17. The van der Waals surface area contributed by atoms with Gasteiger partial charge in [0.1, 0.15) is 5.82 Å². The highest BCUT2D eigenvalue weighted by Crippen LogP contribution is 2.17. The van der Waals surface area contributed by atoms with Gasteiger partial charge >= 0.3 is 0 Å². The fraction of sp³-hybridized carbons (Fsp3) is 0.500. The summed E-state index contributed by atoms with van der Waals surface area (Å²) < 4.78 is 2.27. The van der Waals surface area contributed by atoms with E-state index in [1.165, 1.54) is 31.2 Å². The van der Waals surface area contributed by atoms with E-state index in [0.717, 1.165) is 18.9 Å². The van der Waals surface area contributed by atoms with Crippen LogP contribution in [0.15, 0.2) is 42.7 Å². The van der Waals surface area contributed by atoms with Crippen molar-refractivity contribution < 1.29 is 0 Å². The minimum Gasteiger partial charge on any atom is -0.331 e. The van der Waals surface area contributed by atoms with Gasteiger partial charge in [-0.05, 0) is 32.2 Å². The lowest BCUT2D eigenvalue weighted by atomic mass is 10.1. The quantitative estimate of drug-likeness (QED) is 0.751. The molecule has 0 saturated heterocycles. The van der Waals surface area contributed by atoms with Crippen molar-refractivity contribution in [3.8, 4) is 11.4 Å². The van der Waals surface area contributed by atoms with Crippen LogP contribution >= 0.6 is 0 Å². The third-order valence-electron chi connectivity index (χ3n) is 3.87. The monoisotopic (exact) mass is 285 g/mol. The summed E-state index contributed by atoms with van der Waals surface area (Å²) >= 11 is 0. The Morgan fingerprint density at radius 3 is 2.71 bits per heavy atom. The normalized spacial score (nSPS) is 12.5. The Kier molecular flexibility index (Phi) is 6.48. The summed E-state index contributed by atoms with van der Waals surface area (Å²) in [4.78, 5) is 4.50. The van der Waals surface area contributed by atoms with Crippen LogP contribution in [0.5, 0.6) is 0 Å². The molecule has 1 aromatic heterocycles. The summed E-state index contributed by atoms with van der Waals surface area (Å²) in [5.41, 5.74) is 1.19. The van der Waals surface area contributed by atoms with E-state index in [1.807, 2.05) is 12.3 Å². The van der Waals surface area contributed by atoms with Crippen LogP contribution in [0.25, 0.3) is 11.4 Å². The van der Waals surface area contributed by atoms with E-state index in [2.05, 4.69) is 59.2 Å². The van der Waals surface area contributed by atoms with Gasteiger partial charge in [0.25, 0.3) is 0 Å². The van der Waals surface area contributed by atoms with E-state index in [4.69, 9.17) is 0 Å². The highest BCUT2D eigenvalue weighted by atomic mass is 15.1. The van der Waals surface area contributed by atoms with Crippen LogP contribution < -0.4 is 5.32 Å². The molecule has 3 nitrogen and oxygen atoms in total. The highest BCUT2D eigenvalue weighted by Gasteiger charge is 2.07. The van der Waals surface area contributed by atoms with Crippen molar-refractivity contribution in [1.29, 1.82) is 0 Å². The van der Waals surface area contributed by atoms with E-state index >= 15 is 0 Å². The minimum atomic E-state index is 0.647. The summed E-state index contributed by atoms with van der Waals surface area (Å²) in [5, 5.41) is 3.62. The van der Waals surface area contributed by atoms with Crippen molar-refractivity contribution in [2.24, 2.45) is 0 Å². The van der Waals surface area contributed by atoms with Crippen molar-refractivity contribution in [3.05, 3.63) is 42.7 Å². The maximum absolute atomic E-state index is 4.50. The number of aromatic nitrogens is 2. The van der Waals surface area contributed by atoms with E-state index in [-0.39, 0.29) is 0 Å². The average molecular weight is 285 g/mol. The molecule has 0 spiro atoms. The first kappa shape index (κ1) is 15.8. The van der Waals surface area contributed by atoms with Crippen LogP contribution in [0.1, 0.15) is 39.5 Å². The SMILES string of the molecule is CCCNC(CC)CCCn1ccnc1-c1ccccc1. The van der Waals surface area contributed by atoms with Gasteiger partial charge in [0.05, 0.1) is 0 Å². The third kappa shape index (κ3) is 4.71. The average Bonchev–Trinajstić information content (AvgIpc) is 3.00. The second-order valence-electron chi connectivity index (χ2n) is 5.51. The topological polar surface area (TPSA) is 29.9 Å². The van der Waals surface area contributed by atoms with Gasteiger partial charge in [0, 0.05) is 30.5 Å². The Balaban J connectivity index is 1.88. The number of hydrogen-bond donors (Lipinski definition) is 1. The molecule has 2 aromatic rings. The first-order chi connectivity index (χ1) is 10.3. The molecule has 1 unspecified atom stereocenters. The van der Waals surface area contributed by atoms with Gasteiger partial charge in [-0.1, -0.05) is 44.2 Å². The number of nitrogens with zero attached hydrogens (tertiary/aromatic N) is 2. The molecular formula is C18H27N3. The molecule has 3 heteroatoms. The van der Waals surface area contributed by atoms with Gasteiger partial charge in [-0.2, -0.15) is 0 Å². The zero-order valence-corrected chi connectivity index (χ0v) is 13.3. The molecule has 21 heavy (non-hydrogen) atoms.